The molecular weight excluding hydrogens is 645 g/mol. The van der Waals surface area contributed by atoms with Gasteiger partial charge in [-0.1, -0.05) is 133 Å². The number of benzene rings is 8. The van der Waals surface area contributed by atoms with Crippen LogP contribution >= 0.6 is 0 Å². The Bertz CT molecular complexity index is 3040. The highest BCUT2D eigenvalue weighted by Crippen LogP contribution is 2.64. The third-order valence-electron chi connectivity index (χ3n) is 12.3. The monoisotopic (exact) mass is 673 g/mol. The van der Waals surface area contributed by atoms with Gasteiger partial charge in [-0.05, 0) is 80.2 Å². The Hall–Kier alpha value is -6.78. The van der Waals surface area contributed by atoms with Crippen molar-refractivity contribution in [2.75, 3.05) is 0 Å². The van der Waals surface area contributed by atoms with Crippen LogP contribution in [0.3, 0.4) is 0 Å². The van der Waals surface area contributed by atoms with Gasteiger partial charge in [-0.3, -0.25) is 0 Å². The molecule has 0 saturated carbocycles. The van der Waals surface area contributed by atoms with Gasteiger partial charge in [-0.15, -0.1) is 0 Å². The number of hydrogen-bond acceptors (Lipinski definition) is 2. The Morgan fingerprint density at radius 1 is 0.434 bits per heavy atom. The van der Waals surface area contributed by atoms with E-state index in [4.69, 9.17) is 9.47 Å². The highest BCUT2D eigenvalue weighted by atomic mass is 16.5. The van der Waals surface area contributed by atoms with Gasteiger partial charge in [0.1, 0.15) is 23.0 Å². The predicted molar refractivity (Wildman–Crippen MR) is 215 cm³/mol. The molecule has 2 aliphatic heterocycles. The molecule has 4 aliphatic rings. The molecule has 0 unspecified atom stereocenters. The summed E-state index contributed by atoms with van der Waals surface area (Å²) >= 11 is 0. The van der Waals surface area contributed by atoms with Crippen molar-refractivity contribution in [1.82, 2.24) is 4.57 Å². The van der Waals surface area contributed by atoms with Crippen LogP contribution in [-0.4, -0.2) is 11.3 Å². The first-order valence-electron chi connectivity index (χ1n) is 18.4. The van der Waals surface area contributed by atoms with Gasteiger partial charge < -0.3 is 14.0 Å². The van der Waals surface area contributed by atoms with Gasteiger partial charge in [-0.2, -0.15) is 0 Å². The maximum absolute atomic E-state index is 6.84. The third-order valence-corrected chi connectivity index (χ3v) is 12.3. The highest BCUT2D eigenvalue weighted by Gasteiger charge is 2.53. The zero-order valence-electron chi connectivity index (χ0n) is 28.5. The molecule has 0 fully saturated rings. The molecule has 2 aliphatic carbocycles. The number of para-hydroxylation sites is 2. The van der Waals surface area contributed by atoms with Crippen molar-refractivity contribution < 1.29 is 9.47 Å². The Labute approximate surface area is 306 Å². The van der Waals surface area contributed by atoms with Gasteiger partial charge >= 0.3 is 0 Å². The van der Waals surface area contributed by atoms with E-state index in [9.17, 15) is 0 Å². The average Bonchev–Trinajstić information content (AvgIpc) is 3.82. The summed E-state index contributed by atoms with van der Waals surface area (Å²) in [5, 5.41) is 2.49. The summed E-state index contributed by atoms with van der Waals surface area (Å²) in [4.78, 5) is 0. The molecule has 0 N–H and O–H groups in total. The minimum Gasteiger partial charge on any atom is -0.458 e. The van der Waals surface area contributed by atoms with Crippen molar-refractivity contribution >= 4 is 44.9 Å². The lowest BCUT2D eigenvalue weighted by Gasteiger charge is -2.33. The molecule has 4 heteroatoms. The average molecular weight is 674 g/mol. The SMILES string of the molecule is c1ccc2c(c1)Oc1cccc3c1B2c1ccc(-n2c4ccccc4c4ccc5c(c42)C2(c4ccccc4-c4ccccc42)c2ccccc2-5)cc1O3. The lowest BCUT2D eigenvalue weighted by atomic mass is 9.35. The zero-order valence-corrected chi connectivity index (χ0v) is 28.5. The Morgan fingerprint density at radius 3 is 1.77 bits per heavy atom. The summed E-state index contributed by atoms with van der Waals surface area (Å²) in [6.45, 7) is 0.0237. The van der Waals surface area contributed by atoms with Crippen LogP contribution in [0.1, 0.15) is 22.3 Å². The minimum atomic E-state index is -0.476. The smallest absolute Gasteiger partial charge is 0.260 e. The van der Waals surface area contributed by atoms with Crippen LogP contribution in [0.4, 0.5) is 0 Å². The largest absolute Gasteiger partial charge is 0.458 e. The van der Waals surface area contributed by atoms with E-state index in [0.717, 1.165) is 45.1 Å². The topological polar surface area (TPSA) is 23.4 Å². The third kappa shape index (κ3) is 3.29. The van der Waals surface area contributed by atoms with Gasteiger partial charge in [0.25, 0.3) is 6.71 Å². The summed E-state index contributed by atoms with van der Waals surface area (Å²) in [6, 6.07) is 62.2. The molecule has 3 heterocycles. The Morgan fingerprint density at radius 2 is 1.02 bits per heavy atom. The van der Waals surface area contributed by atoms with E-state index in [-0.39, 0.29) is 6.71 Å². The molecule has 13 rings (SSSR count). The van der Waals surface area contributed by atoms with Crippen molar-refractivity contribution in [1.29, 1.82) is 0 Å². The number of nitrogens with zero attached hydrogens (tertiary/aromatic N) is 1. The Kier molecular flexibility index (Phi) is 5.13. The first-order chi connectivity index (χ1) is 26.3. The van der Waals surface area contributed by atoms with Gasteiger partial charge in [0.05, 0.1) is 16.4 Å². The number of rotatable bonds is 1. The fourth-order valence-electron chi connectivity index (χ4n) is 10.4. The van der Waals surface area contributed by atoms with Crippen LogP contribution in [0, 0.1) is 0 Å². The second-order valence-corrected chi connectivity index (χ2v) is 14.7. The van der Waals surface area contributed by atoms with E-state index in [1.54, 1.807) is 0 Å². The maximum atomic E-state index is 6.84. The van der Waals surface area contributed by atoms with Crippen molar-refractivity contribution in [3.05, 3.63) is 192 Å². The molecule has 0 saturated heterocycles. The first kappa shape index (κ1) is 27.9. The number of aromatic nitrogens is 1. The van der Waals surface area contributed by atoms with Crippen molar-refractivity contribution in [3.8, 4) is 50.9 Å². The van der Waals surface area contributed by atoms with E-state index in [2.05, 4.69) is 162 Å². The molecule has 8 aromatic carbocycles. The molecular formula is C49H28BNO2. The van der Waals surface area contributed by atoms with Gasteiger partial charge in [0.15, 0.2) is 0 Å². The van der Waals surface area contributed by atoms with E-state index in [1.807, 2.05) is 12.1 Å². The van der Waals surface area contributed by atoms with Crippen LogP contribution in [0.15, 0.2) is 170 Å². The van der Waals surface area contributed by atoms with Gasteiger partial charge in [0, 0.05) is 33.6 Å². The fourth-order valence-corrected chi connectivity index (χ4v) is 10.4. The zero-order chi connectivity index (χ0) is 34.4. The second-order valence-electron chi connectivity index (χ2n) is 14.7. The number of hydrogen-bond donors (Lipinski definition) is 0. The van der Waals surface area contributed by atoms with E-state index in [1.165, 1.54) is 66.3 Å². The summed E-state index contributed by atoms with van der Waals surface area (Å²) in [5.74, 6) is 3.49. The lowest BCUT2D eigenvalue weighted by Crippen LogP contribution is -2.57. The van der Waals surface area contributed by atoms with Crippen LogP contribution in [-0.2, 0) is 5.41 Å². The van der Waals surface area contributed by atoms with Crippen LogP contribution < -0.4 is 25.9 Å². The van der Waals surface area contributed by atoms with Crippen molar-refractivity contribution in [3.63, 3.8) is 0 Å². The molecule has 53 heavy (non-hydrogen) atoms. The normalized spacial score (nSPS) is 14.5. The second kappa shape index (κ2) is 9.75. The fraction of sp³-hybridized carbons (Fsp3) is 0.0204. The Balaban J connectivity index is 1.14. The lowest BCUT2D eigenvalue weighted by molar-refractivity contribution is 0.464. The van der Waals surface area contributed by atoms with Crippen LogP contribution in [0.5, 0.6) is 23.0 Å². The molecule has 0 amide bonds. The predicted octanol–water partition coefficient (Wildman–Crippen LogP) is 9.85. The highest BCUT2D eigenvalue weighted by molar-refractivity contribution is 6.98. The van der Waals surface area contributed by atoms with Crippen LogP contribution in [0.2, 0.25) is 0 Å². The molecule has 0 radical (unpaired) electrons. The number of fused-ring (bicyclic) bond motifs is 18. The van der Waals surface area contributed by atoms with E-state index < -0.39 is 5.41 Å². The van der Waals surface area contributed by atoms with Crippen molar-refractivity contribution in [2.45, 2.75) is 5.41 Å². The van der Waals surface area contributed by atoms with Gasteiger partial charge in [0.2, 0.25) is 0 Å². The van der Waals surface area contributed by atoms with Crippen molar-refractivity contribution in [2.24, 2.45) is 0 Å². The first-order valence-corrected chi connectivity index (χ1v) is 18.4. The summed E-state index contributed by atoms with van der Waals surface area (Å²) in [5.41, 5.74) is 17.0. The van der Waals surface area contributed by atoms with Crippen LogP contribution in [0.25, 0.3) is 49.7 Å². The molecule has 244 valence electrons. The maximum Gasteiger partial charge on any atom is 0.260 e. The summed E-state index contributed by atoms with van der Waals surface area (Å²) in [7, 11) is 0. The number of ether oxygens (including phenoxy) is 2. The van der Waals surface area contributed by atoms with E-state index >= 15 is 0 Å². The standard InChI is InChI=1S/C49H28BNO2/c1-5-16-36-30(12-1)31-13-2-6-17-37(31)49(36)38-18-7-3-14-32(38)34-25-26-35-33-15-4-9-20-41(33)51(48(35)46(34)49)29-24-27-40-45(28-29)53-44-23-11-22-43-47(44)50(40)39-19-8-10-21-42(39)52-43/h1-28H. The molecule has 3 nitrogen and oxygen atoms in total. The summed E-state index contributed by atoms with van der Waals surface area (Å²) < 4.78 is 15.7. The molecule has 0 atom stereocenters. The molecule has 1 spiro atoms. The van der Waals surface area contributed by atoms with E-state index in [0.29, 0.717) is 0 Å². The quantitative estimate of drug-likeness (QED) is 0.162. The van der Waals surface area contributed by atoms with Gasteiger partial charge in [-0.25, -0.2) is 0 Å². The molecule has 1 aromatic heterocycles. The molecule has 0 bridgehead atoms. The minimum absolute atomic E-state index is 0.0237. The summed E-state index contributed by atoms with van der Waals surface area (Å²) in [6.07, 6.45) is 0. The molecule has 9 aromatic rings.